The lowest BCUT2D eigenvalue weighted by Gasteiger charge is -2.37. The van der Waals surface area contributed by atoms with E-state index < -0.39 is 5.60 Å². The van der Waals surface area contributed by atoms with Crippen LogP contribution >= 0.6 is 0 Å². The van der Waals surface area contributed by atoms with Crippen LogP contribution < -0.4 is 0 Å². The third-order valence-corrected chi connectivity index (χ3v) is 4.83. The molecule has 1 aliphatic rings. The maximum atomic E-state index is 12.9. The van der Waals surface area contributed by atoms with Gasteiger partial charge in [-0.1, -0.05) is 55.5 Å². The van der Waals surface area contributed by atoms with Gasteiger partial charge in [-0.3, -0.25) is 9.69 Å². The van der Waals surface area contributed by atoms with Crippen molar-refractivity contribution in [3.63, 3.8) is 0 Å². The first kappa shape index (κ1) is 18.7. The highest BCUT2D eigenvalue weighted by Crippen LogP contribution is 2.40. The lowest BCUT2D eigenvalue weighted by molar-refractivity contribution is -0.146. The third-order valence-electron chi connectivity index (χ3n) is 4.83. The van der Waals surface area contributed by atoms with E-state index in [1.807, 2.05) is 49.3 Å². The first-order valence-electron chi connectivity index (χ1n) is 8.96. The summed E-state index contributed by atoms with van der Waals surface area (Å²) < 4.78 is 0. The molecule has 2 rings (SSSR count). The molecule has 0 saturated heterocycles. The van der Waals surface area contributed by atoms with Crippen molar-refractivity contribution in [2.24, 2.45) is 5.92 Å². The van der Waals surface area contributed by atoms with Gasteiger partial charge in [0.1, 0.15) is 0 Å². The number of hydrogen-bond acceptors (Lipinski definition) is 3. The number of ketones is 1. The van der Waals surface area contributed by atoms with E-state index in [9.17, 15) is 9.90 Å². The Labute approximate surface area is 146 Å². The maximum absolute atomic E-state index is 12.9. The summed E-state index contributed by atoms with van der Waals surface area (Å²) in [6.45, 7) is 0.694. The lowest BCUT2D eigenvalue weighted by Crippen LogP contribution is -2.44. The Bertz CT molecular complexity index is 579. The Morgan fingerprint density at radius 2 is 1.83 bits per heavy atom. The molecule has 3 nitrogen and oxygen atoms in total. The molecular formula is C21H29NO2. The van der Waals surface area contributed by atoms with E-state index >= 15 is 0 Å². The van der Waals surface area contributed by atoms with Gasteiger partial charge in [0.05, 0.1) is 6.54 Å². The van der Waals surface area contributed by atoms with Gasteiger partial charge in [-0.2, -0.15) is 0 Å². The molecule has 0 spiro atoms. The van der Waals surface area contributed by atoms with Crippen molar-refractivity contribution in [2.45, 2.75) is 50.5 Å². The molecule has 3 heteroatoms. The molecule has 0 aliphatic heterocycles. The summed E-state index contributed by atoms with van der Waals surface area (Å²) in [5, 5.41) is 11.4. The summed E-state index contributed by atoms with van der Waals surface area (Å²) in [6, 6.07) is 9.47. The summed E-state index contributed by atoms with van der Waals surface area (Å²) in [4.78, 5) is 14.9. The van der Waals surface area contributed by atoms with Crippen molar-refractivity contribution >= 4 is 5.78 Å². The maximum Gasteiger partial charge on any atom is 0.170 e. The second-order valence-corrected chi connectivity index (χ2v) is 6.98. The zero-order valence-corrected chi connectivity index (χ0v) is 14.9. The van der Waals surface area contributed by atoms with Crippen LogP contribution in [0.15, 0.2) is 30.3 Å². The van der Waals surface area contributed by atoms with E-state index in [-0.39, 0.29) is 11.7 Å². The van der Waals surface area contributed by atoms with Gasteiger partial charge in [0.2, 0.25) is 0 Å². The van der Waals surface area contributed by atoms with Gasteiger partial charge in [-0.05, 0) is 38.4 Å². The van der Waals surface area contributed by atoms with E-state index in [1.54, 1.807) is 0 Å². The fourth-order valence-electron chi connectivity index (χ4n) is 3.51. The monoisotopic (exact) mass is 327 g/mol. The second-order valence-electron chi connectivity index (χ2n) is 6.98. The van der Waals surface area contributed by atoms with Crippen LogP contribution in [-0.2, 0) is 10.4 Å². The Kier molecular flexibility index (Phi) is 7.02. The van der Waals surface area contributed by atoms with Gasteiger partial charge in [0.25, 0.3) is 0 Å². The van der Waals surface area contributed by atoms with Crippen LogP contribution in [0.1, 0.15) is 50.5 Å². The third kappa shape index (κ3) is 4.69. The van der Waals surface area contributed by atoms with Crippen molar-refractivity contribution in [3.05, 3.63) is 35.9 Å². The number of benzene rings is 1. The minimum atomic E-state index is -1.36. The Balaban J connectivity index is 2.13. The largest absolute Gasteiger partial charge is 0.377 e. The summed E-state index contributed by atoms with van der Waals surface area (Å²) in [5.41, 5.74) is -0.617. The zero-order valence-electron chi connectivity index (χ0n) is 14.9. The van der Waals surface area contributed by atoms with E-state index in [4.69, 9.17) is 0 Å². The van der Waals surface area contributed by atoms with Crippen LogP contribution in [-0.4, -0.2) is 36.4 Å². The number of nitrogens with zero attached hydrogens (tertiary/aromatic N) is 1. The van der Waals surface area contributed by atoms with Gasteiger partial charge in [-0.15, -0.1) is 5.92 Å². The van der Waals surface area contributed by atoms with Crippen LogP contribution in [0.2, 0.25) is 0 Å². The average Bonchev–Trinajstić information content (AvgIpc) is 2.61. The fourth-order valence-corrected chi connectivity index (χ4v) is 3.51. The van der Waals surface area contributed by atoms with Crippen molar-refractivity contribution in [3.8, 4) is 11.8 Å². The molecule has 130 valence electrons. The number of carbonyl (C=O) groups is 1. The minimum absolute atomic E-state index is 0.0240. The molecule has 1 aliphatic carbocycles. The molecule has 1 N–H and O–H groups in total. The van der Waals surface area contributed by atoms with Crippen LogP contribution in [0, 0.1) is 17.8 Å². The molecule has 0 unspecified atom stereocenters. The summed E-state index contributed by atoms with van der Waals surface area (Å²) in [6.07, 6.45) is 6.04. The summed E-state index contributed by atoms with van der Waals surface area (Å²) in [5.74, 6) is 6.04. The summed E-state index contributed by atoms with van der Waals surface area (Å²) >= 11 is 0. The highest BCUT2D eigenvalue weighted by Gasteiger charge is 2.44. The number of Topliss-reactive ketones (excluding diaryl/α,β-unsaturated/α-hetero) is 1. The fraction of sp³-hybridized carbons (Fsp3) is 0.571. The van der Waals surface area contributed by atoms with Gasteiger partial charge < -0.3 is 5.11 Å². The summed E-state index contributed by atoms with van der Waals surface area (Å²) in [7, 11) is 3.94. The quantitative estimate of drug-likeness (QED) is 0.815. The number of aliphatic hydroxyl groups is 1. The van der Waals surface area contributed by atoms with Crippen molar-refractivity contribution < 1.29 is 9.90 Å². The van der Waals surface area contributed by atoms with Crippen LogP contribution in [0.3, 0.4) is 0 Å². The Morgan fingerprint density at radius 1 is 1.17 bits per heavy atom. The van der Waals surface area contributed by atoms with Crippen LogP contribution in [0.4, 0.5) is 0 Å². The smallest absolute Gasteiger partial charge is 0.170 e. The van der Waals surface area contributed by atoms with Crippen LogP contribution in [0.25, 0.3) is 0 Å². The zero-order chi connectivity index (χ0) is 17.4. The highest BCUT2D eigenvalue weighted by molar-refractivity contribution is 5.88. The second kappa shape index (κ2) is 9.01. The molecule has 1 aromatic carbocycles. The van der Waals surface area contributed by atoms with E-state index in [1.165, 1.54) is 6.42 Å². The standard InChI is InChI=1S/C21H29NO2/c1-22(2)17-11-5-10-16-20(23)21(24,18-12-6-3-7-13-18)19-14-8-4-9-15-19/h3,6-7,12-13,19,24H,4,8-10,14-17H2,1-2H3/t21-/m1/s1. The molecule has 1 atom stereocenters. The first-order chi connectivity index (χ1) is 11.5. The molecule has 0 aromatic heterocycles. The lowest BCUT2D eigenvalue weighted by atomic mass is 9.70. The predicted molar refractivity (Wildman–Crippen MR) is 97.5 cm³/mol. The van der Waals surface area contributed by atoms with Crippen molar-refractivity contribution in [2.75, 3.05) is 20.6 Å². The molecule has 1 fully saturated rings. The highest BCUT2D eigenvalue weighted by atomic mass is 16.3. The van der Waals surface area contributed by atoms with E-state index in [0.29, 0.717) is 19.4 Å². The molecule has 0 radical (unpaired) electrons. The molecule has 1 aromatic rings. The number of rotatable bonds is 6. The van der Waals surface area contributed by atoms with Gasteiger partial charge >= 0.3 is 0 Å². The van der Waals surface area contributed by atoms with Gasteiger partial charge in [0, 0.05) is 12.8 Å². The van der Waals surface area contributed by atoms with Gasteiger partial charge in [0.15, 0.2) is 11.4 Å². The molecule has 1 saturated carbocycles. The Morgan fingerprint density at radius 3 is 2.46 bits per heavy atom. The molecular weight excluding hydrogens is 298 g/mol. The topological polar surface area (TPSA) is 40.5 Å². The Hall–Kier alpha value is -1.63. The minimum Gasteiger partial charge on any atom is -0.377 e. The number of carbonyl (C=O) groups excluding carboxylic acids is 1. The van der Waals surface area contributed by atoms with Crippen molar-refractivity contribution in [1.29, 1.82) is 0 Å². The van der Waals surface area contributed by atoms with Gasteiger partial charge in [-0.25, -0.2) is 0 Å². The molecule has 0 bridgehead atoms. The first-order valence-corrected chi connectivity index (χ1v) is 8.96. The number of hydrogen-bond donors (Lipinski definition) is 1. The average molecular weight is 327 g/mol. The molecule has 24 heavy (non-hydrogen) atoms. The normalized spacial score (nSPS) is 17.8. The molecule has 0 heterocycles. The predicted octanol–water partition coefficient (Wildman–Crippen LogP) is 3.37. The molecule has 0 amide bonds. The SMILES string of the molecule is CN(C)CC#CCCC(=O)[C@@](O)(c1ccccc1)C1CCCCC1. The van der Waals surface area contributed by atoms with Crippen molar-refractivity contribution in [1.82, 2.24) is 4.90 Å². The van der Waals surface area contributed by atoms with E-state index in [2.05, 4.69) is 11.8 Å². The van der Waals surface area contributed by atoms with E-state index in [0.717, 1.165) is 31.2 Å². The van der Waals surface area contributed by atoms with Crippen LogP contribution in [0.5, 0.6) is 0 Å².